The topological polar surface area (TPSA) is 61.0 Å². The van der Waals surface area contributed by atoms with Gasteiger partial charge in [-0.05, 0) is 66.0 Å². The van der Waals surface area contributed by atoms with Crippen LogP contribution < -0.4 is 10.5 Å². The van der Waals surface area contributed by atoms with E-state index in [-0.39, 0.29) is 5.92 Å². The second kappa shape index (κ2) is 6.54. The minimum atomic E-state index is 0.265. The van der Waals surface area contributed by atoms with Gasteiger partial charge >= 0.3 is 0 Å². The Morgan fingerprint density at radius 1 is 1.24 bits per heavy atom. The van der Waals surface area contributed by atoms with Crippen molar-refractivity contribution in [2.75, 3.05) is 13.7 Å². The largest absolute Gasteiger partial charge is 0.496 e. The van der Waals surface area contributed by atoms with Gasteiger partial charge < -0.3 is 10.5 Å². The fraction of sp³-hybridized carbons (Fsp3) is 0.375. The Morgan fingerprint density at radius 3 is 2.33 bits per heavy atom. The van der Waals surface area contributed by atoms with Gasteiger partial charge in [-0.15, -0.1) is 0 Å². The van der Waals surface area contributed by atoms with Gasteiger partial charge in [0.25, 0.3) is 0 Å². The second-order valence-corrected chi connectivity index (χ2v) is 5.97. The minimum absolute atomic E-state index is 0.265. The zero-order valence-corrected chi connectivity index (χ0v) is 14.4. The molecule has 0 aliphatic heterocycles. The summed E-state index contributed by atoms with van der Waals surface area (Å²) in [6.07, 6.45) is 0. The number of hydrogen-bond donors (Lipinski definition) is 1. The first kappa shape index (κ1) is 15.9. The van der Waals surface area contributed by atoms with E-state index in [1.165, 1.54) is 0 Å². The Kier molecular flexibility index (Phi) is 4.96. The van der Waals surface area contributed by atoms with E-state index >= 15 is 0 Å². The molecule has 5 heteroatoms. The minimum Gasteiger partial charge on any atom is -0.496 e. The number of aromatic nitrogens is 2. The lowest BCUT2D eigenvalue weighted by Crippen LogP contribution is -2.14. The van der Waals surface area contributed by atoms with Crippen LogP contribution in [0, 0.1) is 13.8 Å². The predicted octanol–water partition coefficient (Wildman–Crippen LogP) is 3.59. The van der Waals surface area contributed by atoms with Crippen LogP contribution in [0.3, 0.4) is 0 Å². The highest BCUT2D eigenvalue weighted by atomic mass is 79.9. The van der Waals surface area contributed by atoms with E-state index in [1.54, 1.807) is 7.11 Å². The number of halogens is 1. The van der Waals surface area contributed by atoms with Crippen molar-refractivity contribution in [2.45, 2.75) is 26.7 Å². The van der Waals surface area contributed by atoms with Crippen molar-refractivity contribution in [3.63, 3.8) is 0 Å². The molecule has 2 rings (SSSR count). The summed E-state index contributed by atoms with van der Waals surface area (Å²) in [5.74, 6) is 1.78. The lowest BCUT2D eigenvalue weighted by molar-refractivity contribution is 0.412. The third-order valence-electron chi connectivity index (χ3n) is 3.58. The molecule has 0 saturated carbocycles. The first-order valence-corrected chi connectivity index (χ1v) is 7.66. The third kappa shape index (κ3) is 3.24. The summed E-state index contributed by atoms with van der Waals surface area (Å²) in [7, 11) is 1.65. The number of benzene rings is 1. The van der Waals surface area contributed by atoms with Gasteiger partial charge in [-0.2, -0.15) is 0 Å². The van der Waals surface area contributed by atoms with E-state index < -0.39 is 0 Å². The highest BCUT2D eigenvalue weighted by Gasteiger charge is 2.15. The maximum absolute atomic E-state index is 5.77. The highest BCUT2D eigenvalue weighted by Crippen LogP contribution is 2.30. The van der Waals surface area contributed by atoms with Crippen LogP contribution in [-0.4, -0.2) is 23.6 Å². The lowest BCUT2D eigenvalue weighted by Gasteiger charge is -2.16. The van der Waals surface area contributed by atoms with Crippen molar-refractivity contribution >= 4 is 15.9 Å². The number of ether oxygens (including phenoxy) is 1. The molecule has 2 aromatic rings. The van der Waals surface area contributed by atoms with Crippen molar-refractivity contribution < 1.29 is 4.74 Å². The van der Waals surface area contributed by atoms with Gasteiger partial charge in [0.05, 0.1) is 11.6 Å². The molecule has 1 heterocycles. The Balaban J connectivity index is 2.49. The molecule has 0 radical (unpaired) electrons. The first-order valence-electron chi connectivity index (χ1n) is 6.87. The van der Waals surface area contributed by atoms with E-state index in [2.05, 4.69) is 32.8 Å². The standard InChI is InChI=1S/C16H20BrN3O/c1-9(8-18)15-10(2)19-16(20-11(15)3)12-5-6-14(21-4)13(17)7-12/h5-7,9H,8,18H2,1-4H3. The fourth-order valence-corrected chi connectivity index (χ4v) is 3.03. The molecule has 1 unspecified atom stereocenters. The summed E-state index contributed by atoms with van der Waals surface area (Å²) in [6, 6.07) is 5.84. The molecule has 0 aliphatic rings. The van der Waals surface area contributed by atoms with Crippen LogP contribution in [-0.2, 0) is 0 Å². The first-order chi connectivity index (χ1) is 9.97. The van der Waals surface area contributed by atoms with Gasteiger partial charge in [-0.25, -0.2) is 9.97 Å². The average molecular weight is 350 g/mol. The summed E-state index contributed by atoms with van der Waals surface area (Å²) >= 11 is 3.49. The summed E-state index contributed by atoms with van der Waals surface area (Å²) in [5, 5.41) is 0. The Hall–Kier alpha value is -1.46. The van der Waals surface area contributed by atoms with Gasteiger partial charge in [0.15, 0.2) is 5.82 Å². The molecule has 112 valence electrons. The molecule has 2 N–H and O–H groups in total. The van der Waals surface area contributed by atoms with Gasteiger partial charge in [0, 0.05) is 17.0 Å². The van der Waals surface area contributed by atoms with E-state index in [1.807, 2.05) is 32.0 Å². The molecule has 1 aromatic heterocycles. The molecule has 0 spiro atoms. The summed E-state index contributed by atoms with van der Waals surface area (Å²) in [4.78, 5) is 9.28. The van der Waals surface area contributed by atoms with Crippen LogP contribution in [0.1, 0.15) is 29.8 Å². The van der Waals surface area contributed by atoms with Crippen molar-refractivity contribution in [3.05, 3.63) is 39.6 Å². The number of methoxy groups -OCH3 is 1. The van der Waals surface area contributed by atoms with Crippen LogP contribution in [0.5, 0.6) is 5.75 Å². The van der Waals surface area contributed by atoms with Crippen LogP contribution in [0.15, 0.2) is 22.7 Å². The number of hydrogen-bond acceptors (Lipinski definition) is 4. The van der Waals surface area contributed by atoms with Gasteiger partial charge in [-0.1, -0.05) is 6.92 Å². The van der Waals surface area contributed by atoms with Crippen LogP contribution in [0.4, 0.5) is 0 Å². The molecule has 1 atom stereocenters. The van der Waals surface area contributed by atoms with E-state index in [0.29, 0.717) is 6.54 Å². The monoisotopic (exact) mass is 349 g/mol. The molecule has 0 saturated heterocycles. The summed E-state index contributed by atoms with van der Waals surface area (Å²) < 4.78 is 6.14. The SMILES string of the molecule is COc1ccc(-c2nc(C)c(C(C)CN)c(C)n2)cc1Br. The maximum atomic E-state index is 5.77. The molecule has 0 aliphatic carbocycles. The number of nitrogens with two attached hydrogens (primary N) is 1. The predicted molar refractivity (Wildman–Crippen MR) is 88.7 cm³/mol. The fourth-order valence-electron chi connectivity index (χ4n) is 2.49. The molecule has 1 aromatic carbocycles. The van der Waals surface area contributed by atoms with Gasteiger partial charge in [0.1, 0.15) is 5.75 Å². The van der Waals surface area contributed by atoms with Crippen molar-refractivity contribution in [1.82, 2.24) is 9.97 Å². The van der Waals surface area contributed by atoms with Crippen LogP contribution >= 0.6 is 15.9 Å². The molecular formula is C16H20BrN3O. The molecule has 4 nitrogen and oxygen atoms in total. The zero-order valence-electron chi connectivity index (χ0n) is 12.8. The van der Waals surface area contributed by atoms with Crippen LogP contribution in [0.2, 0.25) is 0 Å². The van der Waals surface area contributed by atoms with E-state index in [9.17, 15) is 0 Å². The van der Waals surface area contributed by atoms with Crippen LogP contribution in [0.25, 0.3) is 11.4 Å². The Morgan fingerprint density at radius 2 is 1.86 bits per heavy atom. The van der Waals surface area contributed by atoms with Crippen molar-refractivity contribution in [2.24, 2.45) is 5.73 Å². The second-order valence-electron chi connectivity index (χ2n) is 5.12. The number of rotatable bonds is 4. The molecule has 21 heavy (non-hydrogen) atoms. The van der Waals surface area contributed by atoms with Crippen molar-refractivity contribution in [1.29, 1.82) is 0 Å². The molecular weight excluding hydrogens is 330 g/mol. The highest BCUT2D eigenvalue weighted by molar-refractivity contribution is 9.10. The molecule has 0 amide bonds. The smallest absolute Gasteiger partial charge is 0.159 e. The maximum Gasteiger partial charge on any atom is 0.159 e. The Labute approximate surface area is 133 Å². The van der Waals surface area contributed by atoms with E-state index in [4.69, 9.17) is 10.5 Å². The van der Waals surface area contributed by atoms with E-state index in [0.717, 1.165) is 38.6 Å². The normalized spacial score (nSPS) is 12.3. The molecule has 0 fully saturated rings. The zero-order chi connectivity index (χ0) is 15.6. The van der Waals surface area contributed by atoms with Crippen molar-refractivity contribution in [3.8, 4) is 17.1 Å². The average Bonchev–Trinajstić information content (AvgIpc) is 2.46. The van der Waals surface area contributed by atoms with Gasteiger partial charge in [0.2, 0.25) is 0 Å². The third-order valence-corrected chi connectivity index (χ3v) is 4.20. The number of aryl methyl sites for hydroxylation is 2. The lowest BCUT2D eigenvalue weighted by atomic mass is 9.98. The summed E-state index contributed by atoms with van der Waals surface area (Å²) in [5.41, 5.74) is 9.85. The number of nitrogens with zero attached hydrogens (tertiary/aromatic N) is 2. The quantitative estimate of drug-likeness (QED) is 0.915. The van der Waals surface area contributed by atoms with Gasteiger partial charge in [-0.3, -0.25) is 0 Å². The molecule has 0 bridgehead atoms. The summed E-state index contributed by atoms with van der Waals surface area (Å²) in [6.45, 7) is 6.72. The Bertz CT molecular complexity index is 635.